The summed E-state index contributed by atoms with van der Waals surface area (Å²) in [5.74, 6) is 0.933. The maximum atomic E-state index is 12.6. The van der Waals surface area contributed by atoms with Gasteiger partial charge in [-0.2, -0.15) is 4.98 Å². The summed E-state index contributed by atoms with van der Waals surface area (Å²) in [6.45, 7) is 2.18. The van der Waals surface area contributed by atoms with Gasteiger partial charge in [0, 0.05) is 22.0 Å². The zero-order valence-corrected chi connectivity index (χ0v) is 16.8. The lowest BCUT2D eigenvalue weighted by atomic mass is 10.2. The molecule has 0 unspecified atom stereocenters. The summed E-state index contributed by atoms with van der Waals surface area (Å²) in [6.07, 6.45) is 0. The second-order valence-electron chi connectivity index (χ2n) is 5.79. The third-order valence-electron chi connectivity index (χ3n) is 3.70. The van der Waals surface area contributed by atoms with Crippen LogP contribution in [0.1, 0.15) is 12.8 Å². The number of nitrogens with zero attached hydrogens (tertiary/aromatic N) is 3. The highest BCUT2D eigenvalue weighted by Gasteiger charge is 2.21. The van der Waals surface area contributed by atoms with Gasteiger partial charge in [-0.15, -0.1) is 11.8 Å². The lowest BCUT2D eigenvalue weighted by Crippen LogP contribution is -2.32. The molecule has 3 aromatic rings. The Balaban J connectivity index is 1.62. The van der Waals surface area contributed by atoms with Crippen LogP contribution in [0.25, 0.3) is 11.4 Å². The Labute approximate surface area is 164 Å². The van der Waals surface area contributed by atoms with Gasteiger partial charge in [0.15, 0.2) is 0 Å². The molecule has 0 N–H and O–H groups in total. The van der Waals surface area contributed by atoms with Gasteiger partial charge in [0.05, 0.1) is 11.8 Å². The van der Waals surface area contributed by atoms with E-state index < -0.39 is 0 Å². The molecule has 1 amide bonds. The third kappa shape index (κ3) is 4.74. The predicted molar refractivity (Wildman–Crippen MR) is 106 cm³/mol. The van der Waals surface area contributed by atoms with Gasteiger partial charge < -0.3 is 9.42 Å². The molecule has 0 aliphatic carbocycles. The summed E-state index contributed by atoms with van der Waals surface area (Å²) in [4.78, 5) is 19.6. The van der Waals surface area contributed by atoms with E-state index >= 15 is 0 Å². The normalized spacial score (nSPS) is 12.0. The number of benzene rings is 2. The Bertz CT molecular complexity index is 885. The third-order valence-corrected chi connectivity index (χ3v) is 5.30. The second-order valence-corrected chi connectivity index (χ2v) is 8.12. The number of carbonyl (C=O) groups is 1. The van der Waals surface area contributed by atoms with Crippen LogP contribution in [-0.4, -0.2) is 33.2 Å². The molecule has 0 bridgehead atoms. The lowest BCUT2D eigenvalue weighted by Gasteiger charge is -2.19. The molecule has 0 aliphatic rings. The van der Waals surface area contributed by atoms with Gasteiger partial charge in [0.25, 0.3) is 0 Å². The van der Waals surface area contributed by atoms with Gasteiger partial charge in [0.1, 0.15) is 0 Å². The maximum absolute atomic E-state index is 12.6. The molecule has 0 fully saturated rings. The van der Waals surface area contributed by atoms with Crippen molar-refractivity contribution in [3.63, 3.8) is 0 Å². The molecule has 0 spiro atoms. The van der Waals surface area contributed by atoms with E-state index in [1.54, 1.807) is 11.9 Å². The SMILES string of the molecule is C[C@@H](Sc1ccccc1)C(=O)N(C)Cc1nc(-c2cccc(Br)c2)no1. The van der Waals surface area contributed by atoms with Crippen molar-refractivity contribution in [1.29, 1.82) is 0 Å². The van der Waals surface area contributed by atoms with Gasteiger partial charge >= 0.3 is 0 Å². The molecule has 1 atom stereocenters. The zero-order valence-electron chi connectivity index (χ0n) is 14.4. The van der Waals surface area contributed by atoms with Crippen LogP contribution >= 0.6 is 27.7 Å². The minimum atomic E-state index is -0.199. The lowest BCUT2D eigenvalue weighted by molar-refractivity contribution is -0.129. The molecule has 1 aromatic heterocycles. The average Bonchev–Trinajstić information content (AvgIpc) is 3.10. The summed E-state index contributed by atoms with van der Waals surface area (Å²) < 4.78 is 6.25. The van der Waals surface area contributed by atoms with E-state index in [4.69, 9.17) is 4.52 Å². The highest BCUT2D eigenvalue weighted by Crippen LogP contribution is 2.24. The molecule has 5 nitrogen and oxygen atoms in total. The Kier molecular flexibility index (Phi) is 6.11. The summed E-state index contributed by atoms with van der Waals surface area (Å²) in [5, 5.41) is 3.80. The van der Waals surface area contributed by atoms with Crippen molar-refractivity contribution in [2.24, 2.45) is 0 Å². The van der Waals surface area contributed by atoms with E-state index in [1.165, 1.54) is 11.8 Å². The number of carbonyl (C=O) groups excluding carboxylic acids is 1. The zero-order chi connectivity index (χ0) is 18.5. The Morgan fingerprint density at radius 1 is 1.23 bits per heavy atom. The van der Waals surface area contributed by atoms with E-state index in [0.29, 0.717) is 11.7 Å². The van der Waals surface area contributed by atoms with Crippen LogP contribution in [0.2, 0.25) is 0 Å². The number of hydrogen-bond donors (Lipinski definition) is 0. The van der Waals surface area contributed by atoms with Gasteiger partial charge in [0.2, 0.25) is 17.6 Å². The summed E-state index contributed by atoms with van der Waals surface area (Å²) in [7, 11) is 1.74. The topological polar surface area (TPSA) is 59.2 Å². The highest BCUT2D eigenvalue weighted by molar-refractivity contribution is 9.10. The van der Waals surface area contributed by atoms with Crippen molar-refractivity contribution >= 4 is 33.6 Å². The first-order chi connectivity index (χ1) is 12.5. The van der Waals surface area contributed by atoms with E-state index in [-0.39, 0.29) is 17.7 Å². The number of amides is 1. The van der Waals surface area contributed by atoms with Crippen molar-refractivity contribution in [1.82, 2.24) is 15.0 Å². The molecule has 1 heterocycles. The standard InChI is InChI=1S/C19H18BrN3O2S/c1-13(26-16-9-4-3-5-10-16)19(24)23(2)12-17-21-18(22-25-17)14-7-6-8-15(20)11-14/h3-11,13H,12H2,1-2H3/t13-/m1/s1. The Hall–Kier alpha value is -2.12. The predicted octanol–water partition coefficient (Wildman–Crippen LogP) is 4.64. The average molecular weight is 432 g/mol. The van der Waals surface area contributed by atoms with Crippen LogP contribution in [0, 0.1) is 0 Å². The molecular formula is C19H18BrN3O2S. The largest absolute Gasteiger partial charge is 0.337 e. The molecule has 0 radical (unpaired) electrons. The minimum Gasteiger partial charge on any atom is -0.337 e. The molecule has 26 heavy (non-hydrogen) atoms. The Morgan fingerprint density at radius 2 is 2.00 bits per heavy atom. The van der Waals surface area contributed by atoms with E-state index in [1.807, 2.05) is 61.5 Å². The molecule has 0 saturated heterocycles. The van der Waals surface area contributed by atoms with Gasteiger partial charge in [-0.1, -0.05) is 51.4 Å². The summed E-state index contributed by atoms with van der Waals surface area (Å²) >= 11 is 4.96. The van der Waals surface area contributed by atoms with E-state index in [2.05, 4.69) is 26.1 Å². The molecule has 2 aromatic carbocycles. The highest BCUT2D eigenvalue weighted by atomic mass is 79.9. The van der Waals surface area contributed by atoms with Crippen LogP contribution in [0.5, 0.6) is 0 Å². The molecular weight excluding hydrogens is 414 g/mol. The van der Waals surface area contributed by atoms with Crippen molar-refractivity contribution in [3.8, 4) is 11.4 Å². The molecule has 7 heteroatoms. The molecule has 3 rings (SSSR count). The van der Waals surface area contributed by atoms with Crippen LogP contribution in [0.4, 0.5) is 0 Å². The maximum Gasteiger partial charge on any atom is 0.246 e. The fraction of sp³-hybridized carbons (Fsp3) is 0.211. The molecule has 134 valence electrons. The first-order valence-corrected chi connectivity index (χ1v) is 9.75. The minimum absolute atomic E-state index is 0.0149. The quantitative estimate of drug-likeness (QED) is 0.532. The number of aromatic nitrogens is 2. The number of hydrogen-bond acceptors (Lipinski definition) is 5. The first kappa shape index (κ1) is 18.7. The van der Waals surface area contributed by atoms with Crippen molar-refractivity contribution in [2.45, 2.75) is 23.6 Å². The monoisotopic (exact) mass is 431 g/mol. The number of rotatable bonds is 6. The Morgan fingerprint density at radius 3 is 2.73 bits per heavy atom. The summed E-state index contributed by atoms with van der Waals surface area (Å²) in [6, 6.07) is 17.6. The van der Waals surface area contributed by atoms with Crippen molar-refractivity contribution in [3.05, 3.63) is 65.0 Å². The van der Waals surface area contributed by atoms with E-state index in [0.717, 1.165) is 14.9 Å². The van der Waals surface area contributed by atoms with Gasteiger partial charge in [-0.25, -0.2) is 0 Å². The molecule has 0 saturated carbocycles. The van der Waals surface area contributed by atoms with Crippen LogP contribution in [0.15, 0.2) is 68.5 Å². The fourth-order valence-corrected chi connectivity index (χ4v) is 3.81. The number of halogens is 1. The van der Waals surface area contributed by atoms with Crippen molar-refractivity contribution in [2.75, 3.05) is 7.05 Å². The van der Waals surface area contributed by atoms with Crippen LogP contribution in [0.3, 0.4) is 0 Å². The molecule has 0 aliphatic heterocycles. The second kappa shape index (κ2) is 8.51. The van der Waals surface area contributed by atoms with Crippen molar-refractivity contribution < 1.29 is 9.32 Å². The van der Waals surface area contributed by atoms with Crippen LogP contribution < -0.4 is 0 Å². The summed E-state index contributed by atoms with van der Waals surface area (Å²) in [5.41, 5.74) is 0.858. The fourth-order valence-electron chi connectivity index (χ4n) is 2.41. The smallest absolute Gasteiger partial charge is 0.246 e. The van der Waals surface area contributed by atoms with E-state index in [9.17, 15) is 4.79 Å². The number of thioether (sulfide) groups is 1. The van der Waals surface area contributed by atoms with Gasteiger partial charge in [-0.3, -0.25) is 4.79 Å². The van der Waals surface area contributed by atoms with Gasteiger partial charge in [-0.05, 0) is 31.2 Å². The van der Waals surface area contributed by atoms with Crippen LogP contribution in [-0.2, 0) is 11.3 Å². The first-order valence-electron chi connectivity index (χ1n) is 8.08.